The SMILES string of the molecule is O=CC[C@H]1CCc2sc3ncnc(OC4CCCCC4)c3c21. The fraction of sp³-hybridized carbons (Fsp3) is 0.588. The van der Waals surface area contributed by atoms with Gasteiger partial charge in [-0.2, -0.15) is 0 Å². The first-order chi connectivity index (χ1) is 10.9. The molecule has 4 rings (SSSR count). The van der Waals surface area contributed by atoms with Crippen molar-refractivity contribution in [1.82, 2.24) is 9.97 Å². The zero-order valence-electron chi connectivity index (χ0n) is 12.6. The maximum Gasteiger partial charge on any atom is 0.225 e. The third kappa shape index (κ3) is 2.41. The summed E-state index contributed by atoms with van der Waals surface area (Å²) < 4.78 is 6.25. The van der Waals surface area contributed by atoms with E-state index in [-0.39, 0.29) is 6.10 Å². The lowest BCUT2D eigenvalue weighted by Gasteiger charge is -2.23. The van der Waals surface area contributed by atoms with Gasteiger partial charge in [0.15, 0.2) is 0 Å². The molecule has 1 atom stereocenters. The van der Waals surface area contributed by atoms with Gasteiger partial charge in [0, 0.05) is 11.3 Å². The number of thiophene rings is 1. The summed E-state index contributed by atoms with van der Waals surface area (Å²) in [6, 6.07) is 0. The van der Waals surface area contributed by atoms with E-state index in [0.717, 1.165) is 48.1 Å². The van der Waals surface area contributed by atoms with E-state index in [1.165, 1.54) is 29.7 Å². The standard InChI is InChI=1S/C17H20N2O2S/c20-9-8-11-6-7-13-14(11)15-16(18-10-19-17(15)22-13)21-12-4-2-1-3-5-12/h9-12H,1-8H2/t11-/m1/s1. The number of carbonyl (C=O) groups excluding carboxylic acids is 1. The van der Waals surface area contributed by atoms with Crippen molar-refractivity contribution in [1.29, 1.82) is 0 Å². The lowest BCUT2D eigenvalue weighted by Crippen LogP contribution is -2.20. The molecule has 0 bridgehead atoms. The van der Waals surface area contributed by atoms with E-state index in [0.29, 0.717) is 12.3 Å². The van der Waals surface area contributed by atoms with E-state index in [2.05, 4.69) is 9.97 Å². The number of hydrogen-bond acceptors (Lipinski definition) is 5. The van der Waals surface area contributed by atoms with Crippen LogP contribution in [0.5, 0.6) is 5.88 Å². The van der Waals surface area contributed by atoms with Crippen LogP contribution >= 0.6 is 11.3 Å². The molecule has 0 radical (unpaired) electrons. The highest BCUT2D eigenvalue weighted by Gasteiger charge is 2.30. The van der Waals surface area contributed by atoms with Gasteiger partial charge in [0.05, 0.1) is 5.39 Å². The Kier molecular flexibility index (Phi) is 3.82. The van der Waals surface area contributed by atoms with Gasteiger partial charge in [-0.25, -0.2) is 9.97 Å². The summed E-state index contributed by atoms with van der Waals surface area (Å²) in [7, 11) is 0. The summed E-state index contributed by atoms with van der Waals surface area (Å²) in [5.74, 6) is 1.06. The topological polar surface area (TPSA) is 52.1 Å². The van der Waals surface area contributed by atoms with Crippen LogP contribution in [0.25, 0.3) is 10.2 Å². The Bertz CT molecular complexity index is 691. The molecule has 2 aliphatic carbocycles. The van der Waals surface area contributed by atoms with Crippen molar-refractivity contribution in [2.45, 2.75) is 63.4 Å². The van der Waals surface area contributed by atoms with E-state index < -0.39 is 0 Å². The molecule has 116 valence electrons. The molecular weight excluding hydrogens is 296 g/mol. The molecule has 0 unspecified atom stereocenters. The molecule has 2 heterocycles. The van der Waals surface area contributed by atoms with Crippen molar-refractivity contribution in [3.8, 4) is 5.88 Å². The first-order valence-electron chi connectivity index (χ1n) is 8.23. The van der Waals surface area contributed by atoms with Crippen molar-refractivity contribution >= 4 is 27.8 Å². The molecule has 2 aromatic rings. The number of fused-ring (bicyclic) bond motifs is 3. The number of hydrogen-bond donors (Lipinski definition) is 0. The maximum absolute atomic E-state index is 11.0. The highest BCUT2D eigenvalue weighted by Crippen LogP contribution is 2.47. The lowest BCUT2D eigenvalue weighted by molar-refractivity contribution is -0.108. The van der Waals surface area contributed by atoms with Crippen LogP contribution in [-0.4, -0.2) is 22.4 Å². The molecule has 4 nitrogen and oxygen atoms in total. The number of aryl methyl sites for hydroxylation is 1. The zero-order valence-corrected chi connectivity index (χ0v) is 13.4. The first-order valence-corrected chi connectivity index (χ1v) is 9.05. The van der Waals surface area contributed by atoms with Gasteiger partial charge in [-0.15, -0.1) is 11.3 Å². The molecule has 0 aromatic carbocycles. The summed E-state index contributed by atoms with van der Waals surface area (Å²) >= 11 is 1.75. The van der Waals surface area contributed by atoms with Crippen LogP contribution in [0.15, 0.2) is 6.33 Å². The van der Waals surface area contributed by atoms with Crippen molar-refractivity contribution in [2.75, 3.05) is 0 Å². The Hall–Kier alpha value is -1.49. The minimum atomic E-state index is 0.285. The number of aromatic nitrogens is 2. The van der Waals surface area contributed by atoms with Gasteiger partial charge < -0.3 is 9.53 Å². The second kappa shape index (κ2) is 5.95. The lowest BCUT2D eigenvalue weighted by atomic mass is 9.97. The smallest absolute Gasteiger partial charge is 0.225 e. The van der Waals surface area contributed by atoms with Crippen LogP contribution in [0.2, 0.25) is 0 Å². The van der Waals surface area contributed by atoms with Crippen LogP contribution < -0.4 is 4.74 Å². The van der Waals surface area contributed by atoms with Crippen LogP contribution in [-0.2, 0) is 11.2 Å². The van der Waals surface area contributed by atoms with E-state index in [4.69, 9.17) is 4.74 Å². The Labute approximate surface area is 133 Å². The van der Waals surface area contributed by atoms with Crippen LogP contribution in [0.4, 0.5) is 0 Å². The molecule has 0 amide bonds. The maximum atomic E-state index is 11.0. The number of carbonyl (C=O) groups is 1. The van der Waals surface area contributed by atoms with E-state index in [9.17, 15) is 4.79 Å². The predicted octanol–water partition coefficient (Wildman–Crippen LogP) is 4.02. The third-order valence-electron chi connectivity index (χ3n) is 4.91. The fourth-order valence-electron chi connectivity index (χ4n) is 3.82. The number of aldehydes is 1. The van der Waals surface area contributed by atoms with Gasteiger partial charge in [0.1, 0.15) is 23.5 Å². The highest BCUT2D eigenvalue weighted by atomic mass is 32.1. The Morgan fingerprint density at radius 1 is 1.23 bits per heavy atom. The van der Waals surface area contributed by atoms with Crippen molar-refractivity contribution < 1.29 is 9.53 Å². The van der Waals surface area contributed by atoms with Crippen molar-refractivity contribution in [3.63, 3.8) is 0 Å². The summed E-state index contributed by atoms with van der Waals surface area (Å²) in [5.41, 5.74) is 1.29. The molecule has 0 spiro atoms. The van der Waals surface area contributed by atoms with E-state index in [1.807, 2.05) is 0 Å². The molecule has 0 saturated heterocycles. The van der Waals surface area contributed by atoms with Crippen LogP contribution in [0.3, 0.4) is 0 Å². The van der Waals surface area contributed by atoms with E-state index >= 15 is 0 Å². The summed E-state index contributed by atoms with van der Waals surface area (Å²) in [6.45, 7) is 0. The number of nitrogens with zero attached hydrogens (tertiary/aromatic N) is 2. The largest absolute Gasteiger partial charge is 0.474 e. The molecule has 0 aliphatic heterocycles. The molecule has 22 heavy (non-hydrogen) atoms. The summed E-state index contributed by atoms with van der Waals surface area (Å²) in [4.78, 5) is 22.2. The summed E-state index contributed by atoms with van der Waals surface area (Å²) in [5, 5.41) is 1.08. The minimum Gasteiger partial charge on any atom is -0.474 e. The molecule has 0 N–H and O–H groups in total. The second-order valence-electron chi connectivity index (χ2n) is 6.31. The van der Waals surface area contributed by atoms with E-state index in [1.54, 1.807) is 17.7 Å². The second-order valence-corrected chi connectivity index (χ2v) is 7.40. The molecule has 1 saturated carbocycles. The van der Waals surface area contributed by atoms with Gasteiger partial charge in [-0.1, -0.05) is 6.42 Å². The summed E-state index contributed by atoms with van der Waals surface area (Å²) in [6.07, 6.45) is 11.7. The third-order valence-corrected chi connectivity index (χ3v) is 6.08. The molecule has 1 fully saturated rings. The van der Waals surface area contributed by atoms with Crippen molar-refractivity contribution in [3.05, 3.63) is 16.8 Å². The number of ether oxygens (including phenoxy) is 1. The van der Waals surface area contributed by atoms with Gasteiger partial charge in [-0.05, 0) is 50.0 Å². The number of rotatable bonds is 4. The Balaban J connectivity index is 1.73. The normalized spacial score (nSPS) is 21.9. The van der Waals surface area contributed by atoms with Gasteiger partial charge >= 0.3 is 0 Å². The van der Waals surface area contributed by atoms with Gasteiger partial charge in [0.2, 0.25) is 5.88 Å². The molecule has 5 heteroatoms. The van der Waals surface area contributed by atoms with Crippen LogP contribution in [0.1, 0.15) is 61.3 Å². The monoisotopic (exact) mass is 316 g/mol. The Morgan fingerprint density at radius 2 is 2.09 bits per heavy atom. The molecular formula is C17H20N2O2S. The van der Waals surface area contributed by atoms with Crippen LogP contribution in [0, 0.1) is 0 Å². The fourth-order valence-corrected chi connectivity index (χ4v) is 5.05. The average molecular weight is 316 g/mol. The predicted molar refractivity (Wildman–Crippen MR) is 86.7 cm³/mol. The zero-order chi connectivity index (χ0) is 14.9. The van der Waals surface area contributed by atoms with Gasteiger partial charge in [0.25, 0.3) is 0 Å². The van der Waals surface area contributed by atoms with Gasteiger partial charge in [-0.3, -0.25) is 0 Å². The van der Waals surface area contributed by atoms with Crippen molar-refractivity contribution in [2.24, 2.45) is 0 Å². The first kappa shape index (κ1) is 14.1. The Morgan fingerprint density at radius 3 is 2.91 bits per heavy atom. The minimum absolute atomic E-state index is 0.285. The average Bonchev–Trinajstić information content (AvgIpc) is 3.09. The highest BCUT2D eigenvalue weighted by molar-refractivity contribution is 7.19. The quantitative estimate of drug-likeness (QED) is 0.799. The molecule has 2 aliphatic rings. The molecule has 2 aromatic heterocycles.